The summed E-state index contributed by atoms with van der Waals surface area (Å²) in [6.07, 6.45) is 0.898. The molecule has 0 aliphatic rings. The van der Waals surface area contributed by atoms with E-state index < -0.39 is 0 Å². The van der Waals surface area contributed by atoms with Gasteiger partial charge in [0, 0.05) is 16.0 Å². The molecule has 0 radical (unpaired) electrons. The first kappa shape index (κ1) is 13.0. The van der Waals surface area contributed by atoms with Crippen LogP contribution in [-0.2, 0) is 4.79 Å². The Balaban J connectivity index is 2.37. The van der Waals surface area contributed by atoms with Crippen LogP contribution in [0.2, 0.25) is 0 Å². The molecular weight excluding hydrogens is 295 g/mol. The summed E-state index contributed by atoms with van der Waals surface area (Å²) in [6, 6.07) is 12.4. The van der Waals surface area contributed by atoms with Crippen LogP contribution in [0.3, 0.4) is 0 Å². The van der Waals surface area contributed by atoms with Crippen molar-refractivity contribution in [1.82, 2.24) is 0 Å². The maximum Gasteiger partial charge on any atom is 0.132 e. The lowest BCUT2D eigenvalue weighted by Gasteiger charge is -2.07. The predicted octanol–water partition coefficient (Wildman–Crippen LogP) is 4.56. The quantitative estimate of drug-likeness (QED) is 0.760. The first-order valence-electron chi connectivity index (χ1n) is 5.62. The molecule has 0 spiro atoms. The van der Waals surface area contributed by atoms with E-state index in [-0.39, 0.29) is 11.7 Å². The van der Waals surface area contributed by atoms with Gasteiger partial charge in [0.2, 0.25) is 0 Å². The van der Waals surface area contributed by atoms with Crippen LogP contribution < -0.4 is 0 Å². The highest BCUT2D eigenvalue weighted by atomic mass is 79.9. The van der Waals surface area contributed by atoms with Crippen molar-refractivity contribution in [2.75, 3.05) is 0 Å². The van der Waals surface area contributed by atoms with Gasteiger partial charge in [0.05, 0.1) is 0 Å². The first-order chi connectivity index (χ1) is 8.61. The minimum Gasteiger partial charge on any atom is -0.303 e. The SMILES string of the molecule is CC(C=O)c1ccc(-c2ccc(Br)cc2F)cc1. The Morgan fingerprint density at radius 3 is 2.39 bits per heavy atom. The monoisotopic (exact) mass is 306 g/mol. The molecule has 0 heterocycles. The molecule has 0 bridgehead atoms. The number of rotatable bonds is 3. The van der Waals surface area contributed by atoms with Gasteiger partial charge in [-0.3, -0.25) is 0 Å². The van der Waals surface area contributed by atoms with E-state index in [1.165, 1.54) is 6.07 Å². The molecule has 2 aromatic rings. The van der Waals surface area contributed by atoms with Crippen molar-refractivity contribution >= 4 is 22.2 Å². The minimum atomic E-state index is -0.263. The lowest BCUT2D eigenvalue weighted by molar-refractivity contribution is -0.108. The van der Waals surface area contributed by atoms with Gasteiger partial charge in [0.1, 0.15) is 12.1 Å². The van der Waals surface area contributed by atoms with Gasteiger partial charge < -0.3 is 4.79 Å². The van der Waals surface area contributed by atoms with Gasteiger partial charge in [-0.05, 0) is 23.3 Å². The van der Waals surface area contributed by atoms with Crippen LogP contribution >= 0.6 is 15.9 Å². The zero-order valence-corrected chi connectivity index (χ0v) is 11.4. The Morgan fingerprint density at radius 1 is 1.17 bits per heavy atom. The molecule has 0 amide bonds. The van der Waals surface area contributed by atoms with Crippen LogP contribution in [0.25, 0.3) is 11.1 Å². The largest absolute Gasteiger partial charge is 0.303 e. The van der Waals surface area contributed by atoms with Gasteiger partial charge in [-0.25, -0.2) is 4.39 Å². The van der Waals surface area contributed by atoms with Gasteiger partial charge in [0.15, 0.2) is 0 Å². The second kappa shape index (κ2) is 5.44. The second-order valence-corrected chi connectivity index (χ2v) is 5.09. The normalized spacial score (nSPS) is 12.2. The lowest BCUT2D eigenvalue weighted by atomic mass is 9.98. The fourth-order valence-corrected chi connectivity index (χ4v) is 2.10. The Kier molecular flexibility index (Phi) is 3.92. The van der Waals surface area contributed by atoms with Crippen molar-refractivity contribution in [1.29, 1.82) is 0 Å². The highest BCUT2D eigenvalue weighted by Gasteiger charge is 2.07. The highest BCUT2D eigenvalue weighted by molar-refractivity contribution is 9.10. The standard InChI is InChI=1S/C15H12BrFO/c1-10(9-18)11-2-4-12(5-3-11)14-7-6-13(16)8-15(14)17/h2-10H,1H3. The van der Waals surface area contributed by atoms with Crippen LogP contribution in [0.5, 0.6) is 0 Å². The fourth-order valence-electron chi connectivity index (χ4n) is 1.77. The molecule has 0 aliphatic heterocycles. The molecule has 0 fully saturated rings. The third-order valence-electron chi connectivity index (χ3n) is 2.88. The van der Waals surface area contributed by atoms with Gasteiger partial charge >= 0.3 is 0 Å². The van der Waals surface area contributed by atoms with Crippen molar-refractivity contribution in [3.8, 4) is 11.1 Å². The van der Waals surface area contributed by atoms with Gasteiger partial charge in [-0.2, -0.15) is 0 Å². The zero-order chi connectivity index (χ0) is 13.1. The average Bonchev–Trinajstić information content (AvgIpc) is 2.38. The molecule has 0 aliphatic carbocycles. The molecule has 1 atom stereocenters. The van der Waals surface area contributed by atoms with Crippen molar-refractivity contribution in [2.45, 2.75) is 12.8 Å². The molecule has 92 valence electrons. The average molecular weight is 307 g/mol. The molecular formula is C15H12BrFO. The molecule has 1 nitrogen and oxygen atoms in total. The molecule has 0 aromatic heterocycles. The predicted molar refractivity (Wildman–Crippen MR) is 74.0 cm³/mol. The Bertz CT molecular complexity index is 563. The number of benzene rings is 2. The lowest BCUT2D eigenvalue weighted by Crippen LogP contribution is -1.94. The summed E-state index contributed by atoms with van der Waals surface area (Å²) in [5, 5.41) is 0. The number of hydrogen-bond acceptors (Lipinski definition) is 1. The van der Waals surface area contributed by atoms with Crippen molar-refractivity contribution in [2.24, 2.45) is 0 Å². The van der Waals surface area contributed by atoms with Crippen LogP contribution in [0.15, 0.2) is 46.9 Å². The summed E-state index contributed by atoms with van der Waals surface area (Å²) in [7, 11) is 0. The van der Waals surface area contributed by atoms with Gasteiger partial charge in [-0.1, -0.05) is 53.2 Å². The Labute approximate surface area is 114 Å². The molecule has 0 saturated carbocycles. The fraction of sp³-hybridized carbons (Fsp3) is 0.133. The van der Waals surface area contributed by atoms with Crippen LogP contribution in [0.4, 0.5) is 4.39 Å². The molecule has 18 heavy (non-hydrogen) atoms. The molecule has 1 unspecified atom stereocenters. The number of aldehydes is 1. The van der Waals surface area contributed by atoms with Crippen molar-refractivity contribution in [3.05, 3.63) is 58.3 Å². The van der Waals surface area contributed by atoms with E-state index in [0.29, 0.717) is 5.56 Å². The third-order valence-corrected chi connectivity index (χ3v) is 3.38. The Morgan fingerprint density at radius 2 is 1.83 bits per heavy atom. The van der Waals surface area contributed by atoms with Crippen LogP contribution in [0.1, 0.15) is 18.4 Å². The van der Waals surface area contributed by atoms with E-state index in [9.17, 15) is 9.18 Å². The maximum absolute atomic E-state index is 13.8. The van der Waals surface area contributed by atoms with E-state index in [1.807, 2.05) is 31.2 Å². The molecule has 2 rings (SSSR count). The Hall–Kier alpha value is -1.48. The summed E-state index contributed by atoms with van der Waals surface area (Å²) in [4.78, 5) is 10.7. The van der Waals surface area contributed by atoms with Crippen molar-refractivity contribution < 1.29 is 9.18 Å². The van der Waals surface area contributed by atoms with Gasteiger partial charge in [0.25, 0.3) is 0 Å². The summed E-state index contributed by atoms with van der Waals surface area (Å²) in [6.45, 7) is 1.84. The van der Waals surface area contributed by atoms with Crippen LogP contribution in [-0.4, -0.2) is 6.29 Å². The third kappa shape index (κ3) is 2.67. The molecule has 2 aromatic carbocycles. The summed E-state index contributed by atoms with van der Waals surface area (Å²) in [5.41, 5.74) is 2.30. The number of carbonyl (C=O) groups excluding carboxylic acids is 1. The number of carbonyl (C=O) groups is 1. The zero-order valence-electron chi connectivity index (χ0n) is 9.86. The topological polar surface area (TPSA) is 17.1 Å². The molecule has 3 heteroatoms. The maximum atomic E-state index is 13.8. The van der Waals surface area contributed by atoms with Gasteiger partial charge in [-0.15, -0.1) is 0 Å². The van der Waals surface area contributed by atoms with E-state index >= 15 is 0 Å². The van der Waals surface area contributed by atoms with E-state index in [0.717, 1.165) is 21.9 Å². The second-order valence-electron chi connectivity index (χ2n) is 4.17. The first-order valence-corrected chi connectivity index (χ1v) is 6.42. The smallest absolute Gasteiger partial charge is 0.132 e. The number of halogens is 2. The summed E-state index contributed by atoms with van der Waals surface area (Å²) >= 11 is 3.23. The van der Waals surface area contributed by atoms with Crippen LogP contribution in [0, 0.1) is 5.82 Å². The number of hydrogen-bond donors (Lipinski definition) is 0. The molecule has 0 saturated heterocycles. The highest BCUT2D eigenvalue weighted by Crippen LogP contribution is 2.26. The van der Waals surface area contributed by atoms with E-state index in [4.69, 9.17) is 0 Å². The minimum absolute atomic E-state index is 0.131. The van der Waals surface area contributed by atoms with E-state index in [2.05, 4.69) is 15.9 Å². The summed E-state index contributed by atoms with van der Waals surface area (Å²) in [5.74, 6) is -0.394. The van der Waals surface area contributed by atoms with E-state index in [1.54, 1.807) is 12.1 Å². The summed E-state index contributed by atoms with van der Waals surface area (Å²) < 4.78 is 14.5. The van der Waals surface area contributed by atoms with Crippen molar-refractivity contribution in [3.63, 3.8) is 0 Å². The molecule has 0 N–H and O–H groups in total.